The normalized spacial score (nSPS) is 16.3. The van der Waals surface area contributed by atoms with E-state index in [0.717, 1.165) is 19.0 Å². The molecule has 0 radical (unpaired) electrons. The van der Waals surface area contributed by atoms with E-state index >= 15 is 0 Å². The Morgan fingerprint density at radius 3 is 2.62 bits per heavy atom. The lowest BCUT2D eigenvalue weighted by Crippen LogP contribution is -2.35. The molecule has 0 amide bonds. The Bertz CT molecular complexity index is 573. The van der Waals surface area contributed by atoms with Crippen molar-refractivity contribution < 1.29 is 0 Å². The number of nitrogen functional groups attached to an aromatic ring is 1. The summed E-state index contributed by atoms with van der Waals surface area (Å²) in [6.45, 7) is 4.20. The van der Waals surface area contributed by atoms with Gasteiger partial charge in [0.15, 0.2) is 0 Å². The third kappa shape index (κ3) is 3.12. The summed E-state index contributed by atoms with van der Waals surface area (Å²) in [5.74, 6) is 2.19. The molecule has 2 aromatic rings. The molecule has 0 unspecified atom stereocenters. The number of hydrogen-bond acceptors (Lipinski definition) is 6. The lowest BCUT2D eigenvalue weighted by Gasteiger charge is -2.31. The highest BCUT2D eigenvalue weighted by Crippen LogP contribution is 2.24. The maximum atomic E-state index is 5.82. The van der Waals surface area contributed by atoms with Crippen LogP contribution in [0.4, 0.5) is 11.9 Å². The van der Waals surface area contributed by atoms with Gasteiger partial charge >= 0.3 is 0 Å². The number of aromatic nitrogens is 5. The molecule has 0 aliphatic carbocycles. The van der Waals surface area contributed by atoms with Crippen molar-refractivity contribution in [1.29, 1.82) is 0 Å². The first kappa shape index (κ1) is 13.8. The molecule has 112 valence electrons. The molecule has 1 fully saturated rings. The molecule has 21 heavy (non-hydrogen) atoms. The summed E-state index contributed by atoms with van der Waals surface area (Å²) in [5.41, 5.74) is 5.82. The summed E-state index contributed by atoms with van der Waals surface area (Å²) in [5, 5.41) is 4.14. The number of piperidine rings is 1. The Morgan fingerprint density at radius 2 is 1.95 bits per heavy atom. The lowest BCUT2D eigenvalue weighted by atomic mass is 9.93. The minimum Gasteiger partial charge on any atom is -0.368 e. The van der Waals surface area contributed by atoms with E-state index in [1.165, 1.54) is 25.7 Å². The Morgan fingerprint density at radius 1 is 1.19 bits per heavy atom. The predicted molar refractivity (Wildman–Crippen MR) is 81.2 cm³/mol. The minimum atomic E-state index is 0.237. The highest BCUT2D eigenvalue weighted by Gasteiger charge is 2.21. The Hall–Kier alpha value is -2.18. The first-order valence-electron chi connectivity index (χ1n) is 7.52. The Labute approximate surface area is 124 Å². The molecule has 0 spiro atoms. The van der Waals surface area contributed by atoms with Gasteiger partial charge in [0.1, 0.15) is 0 Å². The molecule has 3 heterocycles. The maximum Gasteiger partial charge on any atom is 0.257 e. The zero-order valence-electron chi connectivity index (χ0n) is 12.3. The van der Waals surface area contributed by atoms with Gasteiger partial charge in [-0.25, -0.2) is 4.68 Å². The molecule has 0 aromatic carbocycles. The summed E-state index contributed by atoms with van der Waals surface area (Å²) in [7, 11) is 0. The van der Waals surface area contributed by atoms with Crippen LogP contribution < -0.4 is 10.6 Å². The first-order chi connectivity index (χ1) is 10.3. The zero-order chi connectivity index (χ0) is 14.7. The molecular weight excluding hydrogens is 266 g/mol. The van der Waals surface area contributed by atoms with Crippen LogP contribution in [-0.2, 0) is 0 Å². The molecule has 0 saturated carbocycles. The third-order valence-electron chi connectivity index (χ3n) is 3.93. The van der Waals surface area contributed by atoms with Crippen LogP contribution in [0, 0.1) is 5.92 Å². The number of rotatable bonds is 4. The second-order valence-corrected chi connectivity index (χ2v) is 5.46. The second-order valence-electron chi connectivity index (χ2n) is 5.46. The highest BCUT2D eigenvalue weighted by molar-refractivity contribution is 5.38. The van der Waals surface area contributed by atoms with E-state index in [2.05, 4.69) is 31.9 Å². The van der Waals surface area contributed by atoms with Gasteiger partial charge in [0.2, 0.25) is 11.9 Å². The van der Waals surface area contributed by atoms with Crippen molar-refractivity contribution in [1.82, 2.24) is 24.7 Å². The van der Waals surface area contributed by atoms with Crippen LogP contribution in [0.25, 0.3) is 5.95 Å². The zero-order valence-corrected chi connectivity index (χ0v) is 12.3. The Balaban J connectivity index is 1.77. The van der Waals surface area contributed by atoms with E-state index < -0.39 is 0 Å². The quantitative estimate of drug-likeness (QED) is 0.920. The van der Waals surface area contributed by atoms with Crippen LogP contribution in [0.5, 0.6) is 0 Å². The molecule has 3 rings (SSSR count). The minimum absolute atomic E-state index is 0.237. The van der Waals surface area contributed by atoms with Crippen molar-refractivity contribution in [2.24, 2.45) is 5.92 Å². The summed E-state index contributed by atoms with van der Waals surface area (Å²) in [4.78, 5) is 15.1. The highest BCUT2D eigenvalue weighted by atomic mass is 15.4. The van der Waals surface area contributed by atoms with Crippen LogP contribution in [0.3, 0.4) is 0 Å². The number of anilines is 2. The van der Waals surface area contributed by atoms with Gasteiger partial charge in [-0.15, -0.1) is 0 Å². The van der Waals surface area contributed by atoms with Crippen LogP contribution in [-0.4, -0.2) is 37.8 Å². The second kappa shape index (κ2) is 6.07. The van der Waals surface area contributed by atoms with Crippen molar-refractivity contribution in [2.75, 3.05) is 23.7 Å². The van der Waals surface area contributed by atoms with Crippen molar-refractivity contribution in [3.8, 4) is 5.95 Å². The van der Waals surface area contributed by atoms with Crippen molar-refractivity contribution in [3.05, 3.63) is 18.5 Å². The van der Waals surface area contributed by atoms with Crippen LogP contribution in [0.1, 0.15) is 32.6 Å². The van der Waals surface area contributed by atoms with E-state index in [0.29, 0.717) is 11.9 Å². The van der Waals surface area contributed by atoms with Gasteiger partial charge in [-0.05, 0) is 24.8 Å². The van der Waals surface area contributed by atoms with E-state index in [1.807, 2.05) is 6.07 Å². The molecule has 1 aliphatic rings. The lowest BCUT2D eigenvalue weighted by molar-refractivity contribution is 0.376. The van der Waals surface area contributed by atoms with E-state index in [9.17, 15) is 0 Å². The fourth-order valence-electron chi connectivity index (χ4n) is 2.83. The molecule has 0 atom stereocenters. The molecule has 1 aliphatic heterocycles. The molecule has 7 heteroatoms. The summed E-state index contributed by atoms with van der Waals surface area (Å²) >= 11 is 0. The van der Waals surface area contributed by atoms with Crippen molar-refractivity contribution in [2.45, 2.75) is 32.6 Å². The number of nitrogens with zero attached hydrogens (tertiary/aromatic N) is 6. The average Bonchev–Trinajstić information content (AvgIpc) is 3.02. The van der Waals surface area contributed by atoms with Gasteiger partial charge in [-0.3, -0.25) is 0 Å². The van der Waals surface area contributed by atoms with Crippen LogP contribution in [0.2, 0.25) is 0 Å². The van der Waals surface area contributed by atoms with Gasteiger partial charge in [-0.2, -0.15) is 20.1 Å². The van der Waals surface area contributed by atoms with Crippen LogP contribution >= 0.6 is 0 Å². The number of nitrogens with two attached hydrogens (primary N) is 1. The fourth-order valence-corrected chi connectivity index (χ4v) is 2.83. The molecule has 1 saturated heterocycles. The monoisotopic (exact) mass is 287 g/mol. The van der Waals surface area contributed by atoms with Gasteiger partial charge in [0, 0.05) is 25.5 Å². The Kier molecular flexibility index (Phi) is 3.98. The van der Waals surface area contributed by atoms with Gasteiger partial charge in [-0.1, -0.05) is 19.8 Å². The van der Waals surface area contributed by atoms with Gasteiger partial charge < -0.3 is 10.6 Å². The van der Waals surface area contributed by atoms with Gasteiger partial charge in [0.05, 0.1) is 0 Å². The SMILES string of the molecule is CCCC1CCN(c2nc(N)nc(-n3cccn3)n2)CC1. The first-order valence-corrected chi connectivity index (χ1v) is 7.52. The molecule has 0 bridgehead atoms. The van der Waals surface area contributed by atoms with Crippen molar-refractivity contribution >= 4 is 11.9 Å². The largest absolute Gasteiger partial charge is 0.368 e. The topological polar surface area (TPSA) is 85.8 Å². The molecule has 2 N–H and O–H groups in total. The smallest absolute Gasteiger partial charge is 0.257 e. The van der Waals surface area contributed by atoms with E-state index in [4.69, 9.17) is 5.73 Å². The summed E-state index contributed by atoms with van der Waals surface area (Å²) in [6, 6.07) is 1.83. The average molecular weight is 287 g/mol. The third-order valence-corrected chi connectivity index (χ3v) is 3.93. The van der Waals surface area contributed by atoms with E-state index in [1.54, 1.807) is 17.1 Å². The standard InChI is InChI=1S/C14H21N7/c1-2-4-11-5-9-20(10-6-11)13-17-12(15)18-14(19-13)21-8-3-7-16-21/h3,7-8,11H,2,4-6,9-10H2,1H3,(H2,15,17,18,19). The summed E-state index contributed by atoms with van der Waals surface area (Å²) < 4.78 is 1.60. The maximum absolute atomic E-state index is 5.82. The summed E-state index contributed by atoms with van der Waals surface area (Å²) in [6.07, 6.45) is 8.44. The van der Waals surface area contributed by atoms with Crippen LogP contribution in [0.15, 0.2) is 18.5 Å². The van der Waals surface area contributed by atoms with Crippen molar-refractivity contribution in [3.63, 3.8) is 0 Å². The molecule has 7 nitrogen and oxygen atoms in total. The molecular formula is C14H21N7. The predicted octanol–water partition coefficient (Wildman–Crippen LogP) is 1.66. The van der Waals surface area contributed by atoms with Gasteiger partial charge in [0.25, 0.3) is 5.95 Å². The number of hydrogen-bond donors (Lipinski definition) is 1. The molecule has 2 aromatic heterocycles. The fraction of sp³-hybridized carbons (Fsp3) is 0.571. The van der Waals surface area contributed by atoms with E-state index in [-0.39, 0.29) is 5.95 Å².